The highest BCUT2D eigenvalue weighted by molar-refractivity contribution is 4.87. The molecular weight excluding hydrogens is 150 g/mol. The number of rotatable bonds is 7. The summed E-state index contributed by atoms with van der Waals surface area (Å²) in [6.45, 7) is 13.7. The van der Waals surface area contributed by atoms with Crippen LogP contribution in [0.25, 0.3) is 0 Å². The first-order chi connectivity index (χ1) is 5.66. The highest BCUT2D eigenvalue weighted by Crippen LogP contribution is 1.87. The zero-order valence-corrected chi connectivity index (χ0v) is 8.10. The zero-order valence-electron chi connectivity index (χ0n) is 8.10. The lowest BCUT2D eigenvalue weighted by Gasteiger charge is -2.08. The smallest absolute Gasteiger partial charge is 0.0672 e. The van der Waals surface area contributed by atoms with Gasteiger partial charge in [0.25, 0.3) is 0 Å². The Bertz CT molecular complexity index is 143. The zero-order chi connectivity index (χ0) is 9.40. The van der Waals surface area contributed by atoms with E-state index >= 15 is 0 Å². The monoisotopic (exact) mass is 169 g/mol. The molecule has 2 heteroatoms. The fraction of sp³-hybridized carbons (Fsp3) is 0.600. The lowest BCUT2D eigenvalue weighted by molar-refractivity contribution is 0.157. The molecule has 12 heavy (non-hydrogen) atoms. The number of ether oxygens (including phenoxy) is 1. The van der Waals surface area contributed by atoms with Gasteiger partial charge < -0.3 is 10.1 Å². The van der Waals surface area contributed by atoms with Gasteiger partial charge in [0.2, 0.25) is 0 Å². The number of nitrogens with one attached hydrogen (secondary N) is 1. The van der Waals surface area contributed by atoms with Gasteiger partial charge in [-0.1, -0.05) is 18.2 Å². The molecule has 0 fully saturated rings. The second-order valence-electron chi connectivity index (χ2n) is 2.99. The van der Waals surface area contributed by atoms with Crippen LogP contribution >= 0.6 is 0 Å². The summed E-state index contributed by atoms with van der Waals surface area (Å²) in [7, 11) is 0. The summed E-state index contributed by atoms with van der Waals surface area (Å²) < 4.78 is 5.29. The van der Waals surface area contributed by atoms with E-state index < -0.39 is 0 Å². The lowest BCUT2D eigenvalue weighted by atomic mass is 10.3. The van der Waals surface area contributed by atoms with Crippen LogP contribution < -0.4 is 5.32 Å². The standard InChI is InChI=1S/C10H19NO/c1-5-10(4)11-6-7-12-8-9(2)3/h5,10-11H,1-2,6-8H2,3-4H3. The van der Waals surface area contributed by atoms with Crippen LogP contribution in [-0.2, 0) is 4.74 Å². The molecule has 0 spiro atoms. The summed E-state index contributed by atoms with van der Waals surface area (Å²) in [5.41, 5.74) is 1.06. The molecule has 1 N–H and O–H groups in total. The third-order valence-corrected chi connectivity index (χ3v) is 1.41. The van der Waals surface area contributed by atoms with Gasteiger partial charge in [0.1, 0.15) is 0 Å². The average molecular weight is 169 g/mol. The van der Waals surface area contributed by atoms with Gasteiger partial charge in [0, 0.05) is 12.6 Å². The van der Waals surface area contributed by atoms with Crippen LogP contribution in [-0.4, -0.2) is 25.8 Å². The molecular formula is C10H19NO. The summed E-state index contributed by atoms with van der Waals surface area (Å²) in [5.74, 6) is 0. The molecule has 0 aliphatic carbocycles. The van der Waals surface area contributed by atoms with Gasteiger partial charge in [-0.3, -0.25) is 0 Å². The molecule has 0 rings (SSSR count). The van der Waals surface area contributed by atoms with Crippen molar-refractivity contribution in [3.8, 4) is 0 Å². The molecule has 70 valence electrons. The molecule has 0 aromatic heterocycles. The normalized spacial score (nSPS) is 12.5. The van der Waals surface area contributed by atoms with Crippen LogP contribution in [0.5, 0.6) is 0 Å². The Morgan fingerprint density at radius 3 is 2.83 bits per heavy atom. The topological polar surface area (TPSA) is 21.3 Å². The fourth-order valence-electron chi connectivity index (χ4n) is 0.688. The molecule has 0 aromatic carbocycles. The van der Waals surface area contributed by atoms with E-state index in [2.05, 4.69) is 25.4 Å². The van der Waals surface area contributed by atoms with Crippen molar-refractivity contribution >= 4 is 0 Å². The van der Waals surface area contributed by atoms with Crippen molar-refractivity contribution in [2.75, 3.05) is 19.8 Å². The van der Waals surface area contributed by atoms with Crippen molar-refractivity contribution in [2.45, 2.75) is 19.9 Å². The number of hydrogen-bond acceptors (Lipinski definition) is 2. The molecule has 0 heterocycles. The molecule has 1 unspecified atom stereocenters. The van der Waals surface area contributed by atoms with Gasteiger partial charge >= 0.3 is 0 Å². The maximum absolute atomic E-state index is 5.29. The molecule has 0 amide bonds. The Hall–Kier alpha value is -0.600. The summed E-state index contributed by atoms with van der Waals surface area (Å²) >= 11 is 0. The Morgan fingerprint density at radius 2 is 2.33 bits per heavy atom. The molecule has 0 aromatic rings. The second-order valence-corrected chi connectivity index (χ2v) is 2.99. The SMILES string of the molecule is C=CC(C)NCCOCC(=C)C. The van der Waals surface area contributed by atoms with Gasteiger partial charge in [0.15, 0.2) is 0 Å². The molecule has 1 atom stereocenters. The van der Waals surface area contributed by atoms with E-state index in [-0.39, 0.29) is 0 Å². The largest absolute Gasteiger partial charge is 0.376 e. The molecule has 0 saturated carbocycles. The number of hydrogen-bond donors (Lipinski definition) is 1. The van der Waals surface area contributed by atoms with E-state index in [0.717, 1.165) is 18.7 Å². The second kappa shape index (κ2) is 7.07. The van der Waals surface area contributed by atoms with E-state index in [4.69, 9.17) is 4.74 Å². The quantitative estimate of drug-likeness (QED) is 0.463. The van der Waals surface area contributed by atoms with Gasteiger partial charge in [0.05, 0.1) is 13.2 Å². The third-order valence-electron chi connectivity index (χ3n) is 1.41. The first kappa shape index (κ1) is 11.4. The minimum absolute atomic E-state index is 0.360. The fourth-order valence-corrected chi connectivity index (χ4v) is 0.688. The summed E-state index contributed by atoms with van der Waals surface area (Å²) in [6.07, 6.45) is 1.87. The van der Waals surface area contributed by atoms with Crippen molar-refractivity contribution in [3.05, 3.63) is 24.8 Å². The maximum atomic E-state index is 5.29. The minimum Gasteiger partial charge on any atom is -0.376 e. The highest BCUT2D eigenvalue weighted by Gasteiger charge is 1.93. The summed E-state index contributed by atoms with van der Waals surface area (Å²) in [4.78, 5) is 0. The van der Waals surface area contributed by atoms with Crippen LogP contribution in [0.1, 0.15) is 13.8 Å². The predicted octanol–water partition coefficient (Wildman–Crippen LogP) is 1.74. The van der Waals surface area contributed by atoms with E-state index in [1.165, 1.54) is 0 Å². The lowest BCUT2D eigenvalue weighted by Crippen LogP contribution is -2.27. The van der Waals surface area contributed by atoms with Crippen LogP contribution in [0.4, 0.5) is 0 Å². The van der Waals surface area contributed by atoms with Crippen molar-refractivity contribution in [1.29, 1.82) is 0 Å². The van der Waals surface area contributed by atoms with Crippen LogP contribution in [0, 0.1) is 0 Å². The van der Waals surface area contributed by atoms with Crippen molar-refractivity contribution < 1.29 is 4.74 Å². The van der Waals surface area contributed by atoms with E-state index in [1.807, 2.05) is 13.0 Å². The Labute approximate surface area is 75.3 Å². The maximum Gasteiger partial charge on any atom is 0.0672 e. The highest BCUT2D eigenvalue weighted by atomic mass is 16.5. The van der Waals surface area contributed by atoms with Gasteiger partial charge in [-0.05, 0) is 13.8 Å². The van der Waals surface area contributed by atoms with E-state index in [9.17, 15) is 0 Å². The Kier molecular flexibility index (Phi) is 6.72. The van der Waals surface area contributed by atoms with E-state index in [0.29, 0.717) is 12.6 Å². The summed E-state index contributed by atoms with van der Waals surface area (Å²) in [5, 5.41) is 3.23. The van der Waals surface area contributed by atoms with Crippen LogP contribution in [0.15, 0.2) is 24.8 Å². The van der Waals surface area contributed by atoms with Crippen molar-refractivity contribution in [2.24, 2.45) is 0 Å². The first-order valence-electron chi connectivity index (χ1n) is 4.25. The molecule has 0 saturated heterocycles. The Balaban J connectivity index is 3.10. The molecule has 0 bridgehead atoms. The van der Waals surface area contributed by atoms with Gasteiger partial charge in [-0.15, -0.1) is 6.58 Å². The Morgan fingerprint density at radius 1 is 1.67 bits per heavy atom. The van der Waals surface area contributed by atoms with Crippen LogP contribution in [0.2, 0.25) is 0 Å². The molecule has 2 nitrogen and oxygen atoms in total. The predicted molar refractivity (Wildman–Crippen MR) is 53.3 cm³/mol. The average Bonchev–Trinajstić information content (AvgIpc) is 2.03. The van der Waals surface area contributed by atoms with E-state index in [1.54, 1.807) is 0 Å². The van der Waals surface area contributed by atoms with Crippen molar-refractivity contribution in [3.63, 3.8) is 0 Å². The third kappa shape index (κ3) is 7.51. The molecule has 0 aliphatic heterocycles. The van der Waals surface area contributed by atoms with Crippen molar-refractivity contribution in [1.82, 2.24) is 5.32 Å². The first-order valence-corrected chi connectivity index (χ1v) is 4.25. The van der Waals surface area contributed by atoms with Crippen LogP contribution in [0.3, 0.4) is 0 Å². The van der Waals surface area contributed by atoms with Gasteiger partial charge in [-0.25, -0.2) is 0 Å². The summed E-state index contributed by atoms with van der Waals surface area (Å²) in [6, 6.07) is 0.360. The molecule has 0 radical (unpaired) electrons. The van der Waals surface area contributed by atoms with Gasteiger partial charge in [-0.2, -0.15) is 0 Å². The molecule has 0 aliphatic rings. The minimum atomic E-state index is 0.360.